The fraction of sp³-hybridized carbons (Fsp3) is 0.875. The third-order valence-corrected chi connectivity index (χ3v) is 3.82. The first-order valence-electron chi connectivity index (χ1n) is 4.53. The van der Waals surface area contributed by atoms with E-state index in [0.717, 1.165) is 24.3 Å². The monoisotopic (exact) mass is 222 g/mol. The van der Waals surface area contributed by atoms with Crippen LogP contribution in [0.2, 0.25) is 0 Å². The fourth-order valence-electron chi connectivity index (χ4n) is 0.594. The Bertz CT molecular complexity index is 136. The van der Waals surface area contributed by atoms with Crippen LogP contribution in [0.15, 0.2) is 0 Å². The van der Waals surface area contributed by atoms with Gasteiger partial charge in [-0.3, -0.25) is 0 Å². The Kier molecular flexibility index (Phi) is 8.54. The molecule has 0 aliphatic carbocycles. The number of hydrogen-bond acceptors (Lipinski definition) is 3. The van der Waals surface area contributed by atoms with Gasteiger partial charge in [0, 0.05) is 18.6 Å². The van der Waals surface area contributed by atoms with Crippen LogP contribution in [0.5, 0.6) is 0 Å². The van der Waals surface area contributed by atoms with Gasteiger partial charge in [-0.15, -0.1) is 0 Å². The van der Waals surface area contributed by atoms with Crippen LogP contribution >= 0.6 is 23.9 Å². The number of rotatable bonds is 6. The third-order valence-electron chi connectivity index (χ3n) is 1.21. The lowest BCUT2D eigenvalue weighted by Gasteiger charge is -2.18. The van der Waals surface area contributed by atoms with E-state index in [1.165, 1.54) is 0 Å². The minimum Gasteiger partial charge on any atom is -0.340 e. The van der Waals surface area contributed by atoms with E-state index in [9.17, 15) is 4.79 Å². The van der Waals surface area contributed by atoms with Crippen LogP contribution in [0.3, 0.4) is 0 Å². The van der Waals surface area contributed by atoms with E-state index in [1.807, 2.05) is 0 Å². The summed E-state index contributed by atoms with van der Waals surface area (Å²) in [5.74, 6) is 1.98. The summed E-state index contributed by atoms with van der Waals surface area (Å²) in [5, 5.41) is 2.63. The normalized spacial score (nSPS) is 9.77. The number of hydrogen-bond donors (Lipinski definition) is 1. The summed E-state index contributed by atoms with van der Waals surface area (Å²) < 4.78 is 1.73. The van der Waals surface area contributed by atoms with Gasteiger partial charge >= 0.3 is 6.03 Å². The summed E-state index contributed by atoms with van der Waals surface area (Å²) in [7, 11) is 1.66. The number of urea groups is 1. The molecule has 0 saturated carbocycles. The van der Waals surface area contributed by atoms with Crippen molar-refractivity contribution in [2.24, 2.45) is 0 Å². The van der Waals surface area contributed by atoms with Crippen LogP contribution in [0.4, 0.5) is 4.79 Å². The zero-order chi connectivity index (χ0) is 10.1. The maximum Gasteiger partial charge on any atom is 0.337 e. The molecule has 3 nitrogen and oxygen atoms in total. The smallest absolute Gasteiger partial charge is 0.337 e. The second-order valence-corrected chi connectivity index (χ2v) is 4.77. The van der Waals surface area contributed by atoms with Gasteiger partial charge in [0.1, 0.15) is 0 Å². The zero-order valence-electron chi connectivity index (χ0n) is 8.50. The van der Waals surface area contributed by atoms with Crippen LogP contribution in [0.25, 0.3) is 0 Å². The van der Waals surface area contributed by atoms with Gasteiger partial charge in [-0.2, -0.15) is 0 Å². The highest BCUT2D eigenvalue weighted by Gasteiger charge is 2.11. The summed E-state index contributed by atoms with van der Waals surface area (Å²) >= 11 is 3.16. The highest BCUT2D eigenvalue weighted by molar-refractivity contribution is 8.12. The molecule has 0 unspecified atom stereocenters. The zero-order valence-corrected chi connectivity index (χ0v) is 10.1. The largest absolute Gasteiger partial charge is 0.340 e. The Hall–Kier alpha value is -0.0300. The van der Waals surface area contributed by atoms with E-state index in [-0.39, 0.29) is 6.03 Å². The summed E-state index contributed by atoms with van der Waals surface area (Å²) in [6.07, 6.45) is 2.18. The fourth-order valence-corrected chi connectivity index (χ4v) is 2.45. The second-order valence-electron chi connectivity index (χ2n) is 2.48. The maximum atomic E-state index is 11.3. The van der Waals surface area contributed by atoms with Crippen molar-refractivity contribution in [3.8, 4) is 0 Å². The average molecular weight is 222 g/mol. The van der Waals surface area contributed by atoms with Gasteiger partial charge in [0.05, 0.1) is 0 Å². The molecule has 0 saturated heterocycles. The van der Waals surface area contributed by atoms with Crippen LogP contribution in [0, 0.1) is 0 Å². The lowest BCUT2D eigenvalue weighted by atomic mass is 10.6. The standard InChI is InChI=1S/C8H18N2OS2/c1-4-6-12-10(8(11)9-3)13-7-5-2/h4-7H2,1-3H3,(H,9,11). The first-order valence-corrected chi connectivity index (χ1v) is 6.42. The molecule has 0 aromatic heterocycles. The van der Waals surface area contributed by atoms with Crippen molar-refractivity contribution in [2.45, 2.75) is 26.7 Å². The van der Waals surface area contributed by atoms with Crippen LogP contribution in [0.1, 0.15) is 26.7 Å². The quantitative estimate of drug-likeness (QED) is 0.701. The van der Waals surface area contributed by atoms with E-state index in [4.69, 9.17) is 0 Å². The lowest BCUT2D eigenvalue weighted by molar-refractivity contribution is 0.240. The van der Waals surface area contributed by atoms with E-state index in [2.05, 4.69) is 19.2 Å². The molecule has 5 heteroatoms. The molecule has 0 aromatic carbocycles. The van der Waals surface area contributed by atoms with E-state index in [0.29, 0.717) is 0 Å². The van der Waals surface area contributed by atoms with E-state index in [1.54, 1.807) is 34.7 Å². The number of nitrogens with zero attached hydrogens (tertiary/aromatic N) is 1. The minimum atomic E-state index is -0.0168. The molecule has 2 amide bonds. The van der Waals surface area contributed by atoms with Gasteiger partial charge in [-0.25, -0.2) is 8.51 Å². The highest BCUT2D eigenvalue weighted by atomic mass is 32.2. The summed E-state index contributed by atoms with van der Waals surface area (Å²) in [4.78, 5) is 11.3. The van der Waals surface area contributed by atoms with Gasteiger partial charge in [-0.1, -0.05) is 13.8 Å². The molecule has 0 aliphatic heterocycles. The summed E-state index contributed by atoms with van der Waals surface area (Å²) in [5.41, 5.74) is 0. The molecule has 13 heavy (non-hydrogen) atoms. The number of carbonyl (C=O) groups is 1. The predicted molar refractivity (Wildman–Crippen MR) is 61.8 cm³/mol. The van der Waals surface area contributed by atoms with Gasteiger partial charge in [0.25, 0.3) is 0 Å². The third kappa shape index (κ3) is 6.10. The van der Waals surface area contributed by atoms with Crippen LogP contribution in [-0.4, -0.2) is 28.3 Å². The van der Waals surface area contributed by atoms with E-state index >= 15 is 0 Å². The van der Waals surface area contributed by atoms with Gasteiger partial charge in [0.15, 0.2) is 0 Å². The molecule has 0 atom stereocenters. The SMILES string of the molecule is CCCSN(SCCC)C(=O)NC. The number of nitrogens with one attached hydrogen (secondary N) is 1. The molecule has 0 radical (unpaired) electrons. The predicted octanol–water partition coefficient (Wildman–Crippen LogP) is 2.74. The topological polar surface area (TPSA) is 32.3 Å². The van der Waals surface area contributed by atoms with Crippen molar-refractivity contribution in [1.29, 1.82) is 0 Å². The first kappa shape index (κ1) is 13.0. The molecule has 1 N–H and O–H groups in total. The van der Waals surface area contributed by atoms with E-state index < -0.39 is 0 Å². The molecule has 0 heterocycles. The summed E-state index contributed by atoms with van der Waals surface area (Å²) in [6.45, 7) is 4.22. The van der Waals surface area contributed by atoms with Crippen LogP contribution in [-0.2, 0) is 0 Å². The van der Waals surface area contributed by atoms with Crippen molar-refractivity contribution in [2.75, 3.05) is 18.6 Å². The summed E-state index contributed by atoms with van der Waals surface area (Å²) in [6, 6.07) is -0.0168. The Labute approximate surface area is 89.3 Å². The Balaban J connectivity index is 3.79. The second kappa shape index (κ2) is 8.56. The Morgan fingerprint density at radius 1 is 1.23 bits per heavy atom. The maximum absolute atomic E-state index is 11.3. The highest BCUT2D eigenvalue weighted by Crippen LogP contribution is 2.22. The molecule has 0 rings (SSSR count). The Morgan fingerprint density at radius 3 is 2.00 bits per heavy atom. The minimum absolute atomic E-state index is 0.0168. The van der Waals surface area contributed by atoms with Crippen molar-refractivity contribution in [1.82, 2.24) is 9.03 Å². The molecule has 0 aromatic rings. The lowest BCUT2D eigenvalue weighted by Crippen LogP contribution is -2.28. The van der Waals surface area contributed by atoms with Crippen molar-refractivity contribution in [3.05, 3.63) is 0 Å². The average Bonchev–Trinajstić information content (AvgIpc) is 2.17. The molecule has 0 bridgehead atoms. The van der Waals surface area contributed by atoms with Crippen molar-refractivity contribution >= 4 is 29.9 Å². The molecular weight excluding hydrogens is 204 g/mol. The number of carbonyl (C=O) groups excluding carboxylic acids is 1. The van der Waals surface area contributed by atoms with Gasteiger partial charge in [0.2, 0.25) is 0 Å². The number of amides is 2. The molecular formula is C8H18N2OS2. The van der Waals surface area contributed by atoms with Gasteiger partial charge < -0.3 is 5.32 Å². The van der Waals surface area contributed by atoms with Crippen LogP contribution < -0.4 is 5.32 Å². The molecule has 78 valence electrons. The Morgan fingerprint density at radius 2 is 1.69 bits per heavy atom. The van der Waals surface area contributed by atoms with Crippen molar-refractivity contribution < 1.29 is 4.79 Å². The molecule has 0 spiro atoms. The molecule has 0 fully saturated rings. The van der Waals surface area contributed by atoms with Crippen molar-refractivity contribution in [3.63, 3.8) is 0 Å². The molecule has 0 aliphatic rings. The van der Waals surface area contributed by atoms with Gasteiger partial charge in [-0.05, 0) is 36.7 Å². The first-order chi connectivity index (χ1) is 6.26.